The van der Waals surface area contributed by atoms with E-state index >= 15 is 0 Å². The number of ether oxygens (including phenoxy) is 2. The highest BCUT2D eigenvalue weighted by Gasteiger charge is 2.30. The van der Waals surface area contributed by atoms with Crippen molar-refractivity contribution < 1.29 is 29.3 Å². The molecule has 0 fully saturated rings. The Bertz CT molecular complexity index is 565. The van der Waals surface area contributed by atoms with E-state index in [0.717, 1.165) is 0 Å². The highest BCUT2D eigenvalue weighted by Crippen LogP contribution is 2.34. The summed E-state index contributed by atoms with van der Waals surface area (Å²) in [5.74, 6) is -1.38. The van der Waals surface area contributed by atoms with Gasteiger partial charge >= 0.3 is 11.9 Å². The molecular weight excluding hydrogens is 276 g/mol. The first-order valence-corrected chi connectivity index (χ1v) is 6.23. The van der Waals surface area contributed by atoms with Crippen molar-refractivity contribution in [3.05, 3.63) is 47.0 Å². The normalized spacial score (nSPS) is 14.3. The smallest absolute Gasteiger partial charge is 0.338 e. The minimum Gasteiger partial charge on any atom is -0.423 e. The summed E-state index contributed by atoms with van der Waals surface area (Å²) in [5, 5.41) is 18.7. The van der Waals surface area contributed by atoms with E-state index in [2.05, 4.69) is 13.2 Å². The van der Waals surface area contributed by atoms with Crippen LogP contribution in [0.1, 0.15) is 20.3 Å². The fourth-order valence-corrected chi connectivity index (χ4v) is 1.62. The molecule has 0 aromatic carbocycles. The van der Waals surface area contributed by atoms with Gasteiger partial charge in [-0.3, -0.25) is 0 Å². The lowest BCUT2D eigenvalue weighted by Crippen LogP contribution is -2.11. The first-order chi connectivity index (χ1) is 9.81. The zero-order valence-corrected chi connectivity index (χ0v) is 12.1. The minimum absolute atomic E-state index is 0.0517. The van der Waals surface area contributed by atoms with Gasteiger partial charge in [-0.05, 0) is 19.4 Å². The van der Waals surface area contributed by atoms with Crippen molar-refractivity contribution in [2.45, 2.75) is 20.3 Å². The third-order valence-corrected chi connectivity index (χ3v) is 2.78. The van der Waals surface area contributed by atoms with Gasteiger partial charge in [0.15, 0.2) is 11.5 Å². The van der Waals surface area contributed by atoms with Gasteiger partial charge in [-0.1, -0.05) is 13.2 Å². The lowest BCUT2D eigenvalue weighted by Gasteiger charge is -2.11. The van der Waals surface area contributed by atoms with E-state index in [4.69, 9.17) is 9.47 Å². The second kappa shape index (κ2) is 7.01. The molecule has 0 atom stereocenters. The molecule has 0 spiro atoms. The summed E-state index contributed by atoms with van der Waals surface area (Å²) >= 11 is 0. The fourth-order valence-electron chi connectivity index (χ4n) is 1.62. The van der Waals surface area contributed by atoms with E-state index in [1.165, 1.54) is 13.8 Å². The van der Waals surface area contributed by atoms with Gasteiger partial charge in [-0.25, -0.2) is 9.59 Å². The van der Waals surface area contributed by atoms with Crippen LogP contribution in [0.25, 0.3) is 0 Å². The predicted molar refractivity (Wildman–Crippen MR) is 74.7 cm³/mol. The zero-order chi connectivity index (χ0) is 16.2. The van der Waals surface area contributed by atoms with Crippen LogP contribution in [0.15, 0.2) is 47.0 Å². The highest BCUT2D eigenvalue weighted by atomic mass is 16.6. The van der Waals surface area contributed by atoms with Crippen LogP contribution in [0.2, 0.25) is 0 Å². The van der Waals surface area contributed by atoms with Gasteiger partial charge in [0.25, 0.3) is 0 Å². The molecule has 1 rings (SSSR count). The van der Waals surface area contributed by atoms with Crippen molar-refractivity contribution in [1.82, 2.24) is 0 Å². The van der Waals surface area contributed by atoms with Crippen LogP contribution >= 0.6 is 0 Å². The lowest BCUT2D eigenvalue weighted by atomic mass is 10.1. The van der Waals surface area contributed by atoms with Crippen LogP contribution in [-0.2, 0) is 19.1 Å². The van der Waals surface area contributed by atoms with Crippen molar-refractivity contribution in [2.75, 3.05) is 13.2 Å². The van der Waals surface area contributed by atoms with E-state index in [9.17, 15) is 19.8 Å². The summed E-state index contributed by atoms with van der Waals surface area (Å²) in [5.41, 5.74) is 0.988. The van der Waals surface area contributed by atoms with Gasteiger partial charge in [0, 0.05) is 23.1 Å². The van der Waals surface area contributed by atoms with Crippen molar-refractivity contribution in [3.8, 4) is 0 Å². The first-order valence-electron chi connectivity index (χ1n) is 6.23. The molecule has 0 aromatic rings. The molecule has 114 valence electrons. The second-order valence-corrected chi connectivity index (χ2v) is 4.67. The minimum atomic E-state index is -0.709. The summed E-state index contributed by atoms with van der Waals surface area (Å²) in [6.45, 7) is 9.05. The molecule has 0 heterocycles. The molecular formula is C15H18O6. The van der Waals surface area contributed by atoms with Crippen molar-refractivity contribution in [1.29, 1.82) is 0 Å². The van der Waals surface area contributed by atoms with Gasteiger partial charge < -0.3 is 19.7 Å². The van der Waals surface area contributed by atoms with Crippen molar-refractivity contribution in [3.63, 3.8) is 0 Å². The zero-order valence-electron chi connectivity index (χ0n) is 12.1. The van der Waals surface area contributed by atoms with E-state index in [1.807, 2.05) is 0 Å². The molecule has 0 bridgehead atoms. The molecule has 0 saturated carbocycles. The standard InChI is InChI=1S/C15H18O6/c1-8(2)14(18)20-12-5-10(6-16)11(7-17)13(12)21-15(19)9(3)4/h16-17H,1,3,5-7H2,2,4H3. The third kappa shape index (κ3) is 3.90. The van der Waals surface area contributed by atoms with Gasteiger partial charge in [0.1, 0.15) is 0 Å². The van der Waals surface area contributed by atoms with Crippen LogP contribution in [0.3, 0.4) is 0 Å². The number of esters is 2. The van der Waals surface area contributed by atoms with E-state index in [0.29, 0.717) is 5.57 Å². The number of hydrogen-bond acceptors (Lipinski definition) is 6. The van der Waals surface area contributed by atoms with Crippen LogP contribution in [0.4, 0.5) is 0 Å². The number of allylic oxidation sites excluding steroid dienone is 1. The third-order valence-electron chi connectivity index (χ3n) is 2.78. The van der Waals surface area contributed by atoms with Crippen molar-refractivity contribution in [2.24, 2.45) is 0 Å². The Morgan fingerprint density at radius 2 is 1.57 bits per heavy atom. The maximum absolute atomic E-state index is 11.6. The van der Waals surface area contributed by atoms with Crippen LogP contribution < -0.4 is 0 Å². The Labute approximate surface area is 122 Å². The maximum atomic E-state index is 11.6. The monoisotopic (exact) mass is 294 g/mol. The van der Waals surface area contributed by atoms with Gasteiger partial charge in [-0.2, -0.15) is 0 Å². The number of carbonyl (C=O) groups excluding carboxylic acids is 2. The lowest BCUT2D eigenvalue weighted by molar-refractivity contribution is -0.138. The van der Waals surface area contributed by atoms with E-state index < -0.39 is 18.5 Å². The quantitative estimate of drug-likeness (QED) is 0.563. The molecule has 1 aliphatic carbocycles. The fraction of sp³-hybridized carbons (Fsp3) is 0.333. The summed E-state index contributed by atoms with van der Waals surface area (Å²) in [6.07, 6.45) is 0.0736. The Hall–Kier alpha value is -2.18. The average Bonchev–Trinajstić information content (AvgIpc) is 2.75. The number of rotatable bonds is 6. The molecule has 0 saturated heterocycles. The summed E-state index contributed by atoms with van der Waals surface area (Å²) < 4.78 is 10.2. The molecule has 0 radical (unpaired) electrons. The van der Waals surface area contributed by atoms with Gasteiger partial charge in [0.05, 0.1) is 13.2 Å². The first kappa shape index (κ1) is 16.9. The number of carbonyl (C=O) groups is 2. The maximum Gasteiger partial charge on any atom is 0.338 e. The topological polar surface area (TPSA) is 93.1 Å². The highest BCUT2D eigenvalue weighted by molar-refractivity contribution is 5.89. The van der Waals surface area contributed by atoms with Crippen molar-refractivity contribution >= 4 is 11.9 Å². The van der Waals surface area contributed by atoms with Crippen LogP contribution in [-0.4, -0.2) is 35.4 Å². The molecule has 0 amide bonds. The summed E-state index contributed by atoms with van der Waals surface area (Å²) in [6, 6.07) is 0. The van der Waals surface area contributed by atoms with Gasteiger partial charge in [0.2, 0.25) is 0 Å². The molecule has 0 aromatic heterocycles. The van der Waals surface area contributed by atoms with Crippen LogP contribution in [0.5, 0.6) is 0 Å². The number of hydrogen-bond donors (Lipinski definition) is 2. The van der Waals surface area contributed by atoms with E-state index in [-0.39, 0.29) is 41.3 Å². The molecule has 2 N–H and O–H groups in total. The molecule has 0 aliphatic heterocycles. The van der Waals surface area contributed by atoms with Gasteiger partial charge in [-0.15, -0.1) is 0 Å². The molecule has 0 unspecified atom stereocenters. The molecule has 6 nitrogen and oxygen atoms in total. The average molecular weight is 294 g/mol. The Morgan fingerprint density at radius 1 is 1.05 bits per heavy atom. The molecule has 6 heteroatoms. The number of aliphatic hydroxyl groups excluding tert-OH is 2. The van der Waals surface area contributed by atoms with Crippen LogP contribution in [0, 0.1) is 0 Å². The molecule has 21 heavy (non-hydrogen) atoms. The SMILES string of the molecule is C=C(C)C(=O)OC1=C(OC(=O)C(=C)C)C(CO)=C(CO)C1. The number of aliphatic hydroxyl groups is 2. The van der Waals surface area contributed by atoms with E-state index in [1.54, 1.807) is 0 Å². The summed E-state index contributed by atoms with van der Waals surface area (Å²) in [7, 11) is 0. The Kier molecular flexibility index (Phi) is 5.63. The second-order valence-electron chi connectivity index (χ2n) is 4.67. The summed E-state index contributed by atoms with van der Waals surface area (Å²) in [4.78, 5) is 23.2. The largest absolute Gasteiger partial charge is 0.423 e. The Morgan fingerprint density at radius 3 is 2.00 bits per heavy atom. The predicted octanol–water partition coefficient (Wildman–Crippen LogP) is 1.12. The Balaban J connectivity index is 3.14. The molecule has 1 aliphatic rings.